The van der Waals surface area contributed by atoms with Crippen LogP contribution in [0.3, 0.4) is 0 Å². The standard InChI is InChI=1S/C45H32N4O/c46-44(32-17-8-3-9-18-32)48-45(47-29-30-13-4-1-5-14-30)34-24-26-37-42(28-34)50-41-22-12-21-39(43(37)41)49-38-20-11-10-19-35(38)36-25-23-33(27-40(36)49)31-15-6-2-7-16-31/h1-28H,29H2,(H2,46,47,48)/i2D,6D,7D,15D,16D. The zero-order chi connectivity index (χ0) is 37.8. The van der Waals surface area contributed by atoms with Gasteiger partial charge >= 0.3 is 0 Å². The number of para-hydroxylation sites is 1. The maximum Gasteiger partial charge on any atom is 0.157 e. The number of furan rings is 1. The van der Waals surface area contributed by atoms with E-state index in [-0.39, 0.29) is 29.7 Å². The van der Waals surface area contributed by atoms with E-state index in [0.717, 1.165) is 55.0 Å². The number of nitrogens with two attached hydrogens (primary N) is 1. The van der Waals surface area contributed by atoms with Crippen molar-refractivity contribution in [1.82, 2.24) is 4.57 Å². The van der Waals surface area contributed by atoms with Crippen molar-refractivity contribution in [2.75, 3.05) is 0 Å². The molecule has 0 aliphatic heterocycles. The van der Waals surface area contributed by atoms with E-state index < -0.39 is 6.04 Å². The molecule has 50 heavy (non-hydrogen) atoms. The van der Waals surface area contributed by atoms with Gasteiger partial charge in [0.1, 0.15) is 17.0 Å². The molecular formula is C45H32N4O. The summed E-state index contributed by atoms with van der Waals surface area (Å²) in [6.45, 7) is 0.419. The number of amidine groups is 2. The molecule has 2 N–H and O–H groups in total. The highest BCUT2D eigenvalue weighted by atomic mass is 16.3. The molecule has 7 aromatic carbocycles. The van der Waals surface area contributed by atoms with Crippen LogP contribution < -0.4 is 5.73 Å². The van der Waals surface area contributed by atoms with Crippen LogP contribution in [0.2, 0.25) is 0 Å². The number of hydrogen-bond donors (Lipinski definition) is 1. The van der Waals surface area contributed by atoms with E-state index in [1.54, 1.807) is 0 Å². The first-order valence-corrected chi connectivity index (χ1v) is 16.3. The minimum absolute atomic E-state index is 0.157. The van der Waals surface area contributed by atoms with E-state index in [0.29, 0.717) is 34.9 Å². The molecule has 0 spiro atoms. The summed E-state index contributed by atoms with van der Waals surface area (Å²) < 4.78 is 50.8. The fraction of sp³-hybridized carbons (Fsp3) is 0.0222. The SMILES string of the molecule is [2H]c1c([2H])c([2H])c(-c2ccc3c4ccccc4n(-c4cccc5oc6cc(C(N=C(N)c7ccccc7)=NCc7ccccc7)ccc6c45)c3c2)c([2H])c1[2H]. The average molecular weight is 650 g/mol. The van der Waals surface area contributed by atoms with Crippen LogP contribution in [0.4, 0.5) is 0 Å². The van der Waals surface area contributed by atoms with E-state index in [1.807, 2.05) is 127 Å². The number of rotatable bonds is 6. The van der Waals surface area contributed by atoms with Crippen molar-refractivity contribution in [3.05, 3.63) is 186 Å². The number of hydrogen-bond acceptors (Lipinski definition) is 2. The van der Waals surface area contributed by atoms with Gasteiger partial charge < -0.3 is 14.7 Å². The van der Waals surface area contributed by atoms with Crippen LogP contribution in [-0.4, -0.2) is 16.2 Å². The van der Waals surface area contributed by atoms with E-state index >= 15 is 0 Å². The molecule has 0 aliphatic rings. The van der Waals surface area contributed by atoms with Crippen molar-refractivity contribution in [3.63, 3.8) is 0 Å². The third kappa shape index (κ3) is 5.22. The van der Waals surface area contributed by atoms with Gasteiger partial charge in [-0.15, -0.1) is 0 Å². The maximum absolute atomic E-state index is 8.67. The number of aromatic nitrogens is 1. The summed E-state index contributed by atoms with van der Waals surface area (Å²) in [6, 6.07) is 43.7. The molecule has 9 aromatic rings. The largest absolute Gasteiger partial charge is 0.456 e. The average Bonchev–Trinajstić information content (AvgIpc) is 3.76. The van der Waals surface area contributed by atoms with Gasteiger partial charge in [0.15, 0.2) is 5.84 Å². The second-order valence-electron chi connectivity index (χ2n) is 12.0. The summed E-state index contributed by atoms with van der Waals surface area (Å²) >= 11 is 0. The zero-order valence-corrected chi connectivity index (χ0v) is 26.8. The van der Waals surface area contributed by atoms with E-state index in [9.17, 15) is 0 Å². The summed E-state index contributed by atoms with van der Waals surface area (Å²) in [5.41, 5.74) is 13.8. The predicted octanol–water partition coefficient (Wildman–Crippen LogP) is 10.7. The Bertz CT molecular complexity index is 2990. The van der Waals surface area contributed by atoms with Gasteiger partial charge in [0.2, 0.25) is 0 Å². The van der Waals surface area contributed by atoms with Crippen molar-refractivity contribution in [1.29, 1.82) is 0 Å². The summed E-state index contributed by atoms with van der Waals surface area (Å²) in [6.07, 6.45) is 0. The zero-order valence-electron chi connectivity index (χ0n) is 31.8. The molecule has 9 rings (SSSR count). The van der Waals surface area contributed by atoms with Crippen molar-refractivity contribution < 1.29 is 11.3 Å². The molecule has 2 heterocycles. The molecule has 0 amide bonds. The van der Waals surface area contributed by atoms with E-state index in [4.69, 9.17) is 27.0 Å². The third-order valence-electron chi connectivity index (χ3n) is 8.99. The molecular weight excluding hydrogens is 613 g/mol. The highest BCUT2D eigenvalue weighted by Crippen LogP contribution is 2.40. The van der Waals surface area contributed by atoms with E-state index in [2.05, 4.69) is 16.7 Å². The molecule has 0 aliphatic carbocycles. The minimum Gasteiger partial charge on any atom is -0.456 e. The first kappa shape index (κ1) is 24.4. The first-order valence-electron chi connectivity index (χ1n) is 18.8. The highest BCUT2D eigenvalue weighted by molar-refractivity contribution is 6.16. The van der Waals surface area contributed by atoms with Crippen molar-refractivity contribution in [3.8, 4) is 16.8 Å². The molecule has 0 atom stereocenters. The number of fused-ring (bicyclic) bond motifs is 6. The van der Waals surface area contributed by atoms with Gasteiger partial charge in [-0.2, -0.15) is 0 Å². The van der Waals surface area contributed by atoms with Crippen LogP contribution in [0.15, 0.2) is 184 Å². The second kappa shape index (κ2) is 12.4. The summed E-state index contributed by atoms with van der Waals surface area (Å²) in [5, 5.41) is 3.77. The Balaban J connectivity index is 1.23. The summed E-state index contributed by atoms with van der Waals surface area (Å²) in [4.78, 5) is 9.74. The van der Waals surface area contributed by atoms with Crippen LogP contribution >= 0.6 is 0 Å². The highest BCUT2D eigenvalue weighted by Gasteiger charge is 2.19. The molecule has 0 bridgehead atoms. The Labute approximate surface area is 296 Å². The van der Waals surface area contributed by atoms with Crippen LogP contribution in [0.25, 0.3) is 60.6 Å². The topological polar surface area (TPSA) is 68.8 Å². The summed E-state index contributed by atoms with van der Waals surface area (Å²) in [5.74, 6) is 0.837. The van der Waals surface area contributed by atoms with Crippen molar-refractivity contribution >= 4 is 55.4 Å². The lowest BCUT2D eigenvalue weighted by Crippen LogP contribution is -2.16. The molecule has 0 radical (unpaired) electrons. The van der Waals surface area contributed by atoms with Crippen LogP contribution in [0.5, 0.6) is 0 Å². The lowest BCUT2D eigenvalue weighted by molar-refractivity contribution is 0.668. The Kier molecular flexibility index (Phi) is 6.05. The lowest BCUT2D eigenvalue weighted by Gasteiger charge is -2.11. The number of nitrogens with zero attached hydrogens (tertiary/aromatic N) is 3. The van der Waals surface area contributed by atoms with Crippen molar-refractivity contribution in [2.45, 2.75) is 6.54 Å². The number of aliphatic imine (C=N–C) groups is 2. The molecule has 5 nitrogen and oxygen atoms in total. The monoisotopic (exact) mass is 649 g/mol. The maximum atomic E-state index is 8.67. The summed E-state index contributed by atoms with van der Waals surface area (Å²) in [7, 11) is 0. The van der Waals surface area contributed by atoms with Gasteiger partial charge in [-0.3, -0.25) is 4.99 Å². The second-order valence-corrected chi connectivity index (χ2v) is 12.0. The van der Waals surface area contributed by atoms with Gasteiger partial charge in [-0.1, -0.05) is 133 Å². The Hall–Kier alpha value is -6.72. The fourth-order valence-electron chi connectivity index (χ4n) is 6.64. The lowest BCUT2D eigenvalue weighted by atomic mass is 10.0. The number of benzene rings is 7. The Morgan fingerprint density at radius 2 is 1.36 bits per heavy atom. The molecule has 5 heteroatoms. The smallest absolute Gasteiger partial charge is 0.157 e. The molecule has 2 aromatic heterocycles. The predicted molar refractivity (Wildman–Crippen MR) is 207 cm³/mol. The van der Waals surface area contributed by atoms with Crippen LogP contribution in [0, 0.1) is 0 Å². The minimum atomic E-state index is -0.420. The van der Waals surface area contributed by atoms with E-state index in [1.165, 1.54) is 0 Å². The molecule has 238 valence electrons. The van der Waals surface area contributed by atoms with Gasteiger partial charge in [0, 0.05) is 27.3 Å². The molecule has 0 saturated carbocycles. The van der Waals surface area contributed by atoms with Crippen molar-refractivity contribution in [2.24, 2.45) is 15.7 Å². The van der Waals surface area contributed by atoms with Gasteiger partial charge in [0.25, 0.3) is 0 Å². The Morgan fingerprint density at radius 1 is 0.620 bits per heavy atom. The molecule has 0 unspecified atom stereocenters. The normalized spacial score (nSPS) is 13.8. The first-order chi connectivity index (χ1) is 26.8. The van der Waals surface area contributed by atoms with Crippen LogP contribution in [0.1, 0.15) is 23.5 Å². The third-order valence-corrected chi connectivity index (χ3v) is 8.99. The van der Waals surface area contributed by atoms with Gasteiger partial charge in [-0.25, -0.2) is 4.99 Å². The van der Waals surface area contributed by atoms with Crippen LogP contribution in [-0.2, 0) is 6.54 Å². The quantitative estimate of drug-likeness (QED) is 0.144. The molecule has 0 saturated heterocycles. The Morgan fingerprint density at radius 3 is 2.20 bits per heavy atom. The molecule has 0 fully saturated rings. The van der Waals surface area contributed by atoms with Gasteiger partial charge in [-0.05, 0) is 53.1 Å². The van der Waals surface area contributed by atoms with Gasteiger partial charge in [0.05, 0.1) is 35.5 Å². The fourth-order valence-corrected chi connectivity index (χ4v) is 6.64.